The first kappa shape index (κ1) is 12.1. The molecule has 0 aromatic rings. The van der Waals surface area contributed by atoms with Crippen molar-refractivity contribution in [3.05, 3.63) is 0 Å². The van der Waals surface area contributed by atoms with E-state index in [2.05, 4.69) is 0 Å². The highest BCUT2D eigenvalue weighted by Crippen LogP contribution is 2.44. The van der Waals surface area contributed by atoms with Crippen molar-refractivity contribution in [1.82, 2.24) is 4.90 Å². The van der Waals surface area contributed by atoms with Gasteiger partial charge in [0.2, 0.25) is 0 Å². The molecule has 0 heterocycles. The Bertz CT molecular complexity index is 175. The van der Waals surface area contributed by atoms with Crippen molar-refractivity contribution in [2.75, 3.05) is 14.1 Å². The van der Waals surface area contributed by atoms with Crippen LogP contribution in [0.3, 0.4) is 0 Å². The Balaban J connectivity index is 4.36. The van der Waals surface area contributed by atoms with Crippen molar-refractivity contribution in [3.63, 3.8) is 0 Å². The average molecular weight is 195 g/mol. The molecule has 4 nitrogen and oxygen atoms in total. The molecule has 12 heavy (non-hydrogen) atoms. The third-order valence-electron chi connectivity index (χ3n) is 1.67. The molecule has 0 rings (SSSR count). The highest BCUT2D eigenvalue weighted by Gasteiger charge is 2.30. The van der Waals surface area contributed by atoms with Gasteiger partial charge in [-0.2, -0.15) is 0 Å². The van der Waals surface area contributed by atoms with Gasteiger partial charge in [0.1, 0.15) is 5.78 Å². The van der Waals surface area contributed by atoms with Gasteiger partial charge in [0.15, 0.2) is 0 Å². The molecule has 0 saturated carbocycles. The molecule has 0 aromatic heterocycles. The molecule has 0 aliphatic heterocycles. The van der Waals surface area contributed by atoms with E-state index in [0.29, 0.717) is 12.3 Å². The first-order valence-electron chi connectivity index (χ1n) is 3.96. The van der Waals surface area contributed by atoms with E-state index in [1.807, 2.05) is 13.8 Å². The van der Waals surface area contributed by atoms with Gasteiger partial charge in [-0.1, -0.05) is 13.8 Å². The molecule has 1 atom stereocenters. The Morgan fingerprint density at radius 3 is 1.83 bits per heavy atom. The van der Waals surface area contributed by atoms with E-state index in [1.54, 1.807) is 19.0 Å². The van der Waals surface area contributed by atoms with Gasteiger partial charge in [0, 0.05) is 0 Å². The van der Waals surface area contributed by atoms with Gasteiger partial charge in [-0.05, 0) is 26.4 Å². The summed E-state index contributed by atoms with van der Waals surface area (Å²) in [5.74, 6) is -0.345. The van der Waals surface area contributed by atoms with Gasteiger partial charge >= 0.3 is 7.60 Å². The SMILES string of the molecule is CC(C)C[C@@H](N(C)C)P(=O)(O)O. The lowest BCUT2D eigenvalue weighted by molar-refractivity contribution is 0.259. The molecule has 0 saturated heterocycles. The van der Waals surface area contributed by atoms with Crippen LogP contribution in [-0.4, -0.2) is 34.6 Å². The van der Waals surface area contributed by atoms with Crippen molar-refractivity contribution < 1.29 is 14.4 Å². The van der Waals surface area contributed by atoms with Gasteiger partial charge < -0.3 is 9.79 Å². The molecule has 5 heteroatoms. The van der Waals surface area contributed by atoms with E-state index in [0.717, 1.165) is 0 Å². The van der Waals surface area contributed by atoms with Gasteiger partial charge in [0.25, 0.3) is 0 Å². The highest BCUT2D eigenvalue weighted by molar-refractivity contribution is 7.52. The lowest BCUT2D eigenvalue weighted by Gasteiger charge is -2.26. The van der Waals surface area contributed by atoms with Crippen LogP contribution in [-0.2, 0) is 4.57 Å². The van der Waals surface area contributed by atoms with E-state index in [1.165, 1.54) is 0 Å². The molecule has 2 N–H and O–H groups in total. The smallest absolute Gasteiger partial charge is 0.323 e. The topological polar surface area (TPSA) is 60.8 Å². The minimum Gasteiger partial charge on any atom is -0.323 e. The predicted octanol–water partition coefficient (Wildman–Crippen LogP) is 1.10. The molecule has 0 aliphatic rings. The summed E-state index contributed by atoms with van der Waals surface area (Å²) in [4.78, 5) is 19.5. The maximum absolute atomic E-state index is 11.0. The Labute approximate surface area is 73.7 Å². The van der Waals surface area contributed by atoms with E-state index < -0.39 is 13.4 Å². The molecule has 74 valence electrons. The molecule has 0 aromatic carbocycles. The van der Waals surface area contributed by atoms with Crippen molar-refractivity contribution >= 4 is 7.60 Å². The highest BCUT2D eigenvalue weighted by atomic mass is 31.2. The molecule has 0 aliphatic carbocycles. The fourth-order valence-corrected chi connectivity index (χ4v) is 2.37. The summed E-state index contributed by atoms with van der Waals surface area (Å²) >= 11 is 0. The van der Waals surface area contributed by atoms with Crippen LogP contribution in [0.4, 0.5) is 0 Å². The predicted molar refractivity (Wildman–Crippen MR) is 49.0 cm³/mol. The van der Waals surface area contributed by atoms with E-state index in [-0.39, 0.29) is 0 Å². The summed E-state index contributed by atoms with van der Waals surface area (Å²) in [7, 11) is -0.587. The number of hydrogen-bond acceptors (Lipinski definition) is 2. The summed E-state index contributed by atoms with van der Waals surface area (Å²) in [5, 5.41) is 0. The van der Waals surface area contributed by atoms with E-state index >= 15 is 0 Å². The molecule has 0 fully saturated rings. The molecule has 0 radical (unpaired) electrons. The van der Waals surface area contributed by atoms with Gasteiger partial charge in [0.05, 0.1) is 0 Å². The van der Waals surface area contributed by atoms with Crippen LogP contribution in [0.25, 0.3) is 0 Å². The van der Waals surface area contributed by atoms with Crippen LogP contribution in [0.1, 0.15) is 20.3 Å². The van der Waals surface area contributed by atoms with E-state index in [9.17, 15) is 4.57 Å². The molecule has 0 unspecified atom stereocenters. The van der Waals surface area contributed by atoms with Gasteiger partial charge in [-0.3, -0.25) is 9.46 Å². The molecule has 0 spiro atoms. The Kier molecular flexibility index (Phi) is 4.42. The molecular formula is C7H18NO3P. The fraction of sp³-hybridized carbons (Fsp3) is 1.00. The van der Waals surface area contributed by atoms with Crippen molar-refractivity contribution in [1.29, 1.82) is 0 Å². The third-order valence-corrected chi connectivity index (χ3v) is 3.12. The lowest BCUT2D eigenvalue weighted by Crippen LogP contribution is -2.29. The molecule has 0 bridgehead atoms. The van der Waals surface area contributed by atoms with Gasteiger partial charge in [-0.15, -0.1) is 0 Å². The maximum Gasteiger partial charge on any atom is 0.342 e. The summed E-state index contributed by atoms with van der Waals surface area (Å²) in [5.41, 5.74) is 0. The van der Waals surface area contributed by atoms with Gasteiger partial charge in [-0.25, -0.2) is 0 Å². The minimum absolute atomic E-state index is 0.296. The Morgan fingerprint density at radius 1 is 1.33 bits per heavy atom. The van der Waals surface area contributed by atoms with Crippen LogP contribution in [0.15, 0.2) is 0 Å². The van der Waals surface area contributed by atoms with Crippen molar-refractivity contribution in [2.45, 2.75) is 26.1 Å². The zero-order chi connectivity index (χ0) is 9.94. The number of hydrogen-bond donors (Lipinski definition) is 2. The second-order valence-electron chi connectivity index (χ2n) is 3.66. The summed E-state index contributed by atoms with van der Waals surface area (Å²) in [6.07, 6.45) is 0.525. The van der Waals surface area contributed by atoms with Crippen LogP contribution < -0.4 is 0 Å². The fourth-order valence-electron chi connectivity index (χ4n) is 1.07. The Morgan fingerprint density at radius 2 is 1.75 bits per heavy atom. The second-order valence-corrected chi connectivity index (χ2v) is 5.44. The number of rotatable bonds is 4. The first-order chi connectivity index (χ1) is 5.25. The maximum atomic E-state index is 11.0. The minimum atomic E-state index is -3.96. The monoisotopic (exact) mass is 195 g/mol. The summed E-state index contributed by atoms with van der Waals surface area (Å²) in [6.45, 7) is 3.90. The second kappa shape index (κ2) is 4.38. The quantitative estimate of drug-likeness (QED) is 0.659. The Hall–Kier alpha value is 0.110. The number of nitrogens with zero attached hydrogens (tertiary/aromatic N) is 1. The lowest BCUT2D eigenvalue weighted by atomic mass is 10.1. The summed E-state index contributed by atoms with van der Waals surface area (Å²) in [6, 6.07) is 0. The van der Waals surface area contributed by atoms with Crippen LogP contribution in [0.2, 0.25) is 0 Å². The van der Waals surface area contributed by atoms with Crippen molar-refractivity contribution in [3.8, 4) is 0 Å². The van der Waals surface area contributed by atoms with Crippen molar-refractivity contribution in [2.24, 2.45) is 5.92 Å². The molecular weight excluding hydrogens is 177 g/mol. The zero-order valence-electron chi connectivity index (χ0n) is 8.06. The third kappa shape index (κ3) is 4.21. The average Bonchev–Trinajstić information content (AvgIpc) is 1.79. The largest absolute Gasteiger partial charge is 0.342 e. The van der Waals surface area contributed by atoms with Crippen LogP contribution in [0.5, 0.6) is 0 Å². The van der Waals surface area contributed by atoms with Crippen LogP contribution >= 0.6 is 7.60 Å². The summed E-state index contributed by atoms with van der Waals surface area (Å²) < 4.78 is 11.0. The molecule has 0 amide bonds. The van der Waals surface area contributed by atoms with Crippen LogP contribution in [0, 0.1) is 5.92 Å². The standard InChI is InChI=1S/C7H18NO3P/c1-6(2)5-7(8(3)4)12(9,10)11/h6-7H,5H2,1-4H3,(H2,9,10,11)/t7-/m0/s1. The first-order valence-corrected chi connectivity index (χ1v) is 5.65. The zero-order valence-corrected chi connectivity index (χ0v) is 8.95. The normalized spacial score (nSPS) is 15.7. The van der Waals surface area contributed by atoms with E-state index in [4.69, 9.17) is 9.79 Å².